The number of benzene rings is 3. The summed E-state index contributed by atoms with van der Waals surface area (Å²) in [6, 6.07) is 33.6. The van der Waals surface area contributed by atoms with E-state index < -0.39 is 55.3 Å². The minimum atomic E-state index is -2.16. The first-order chi connectivity index (χ1) is 34.5. The maximum atomic E-state index is 7.61. The van der Waals surface area contributed by atoms with Gasteiger partial charge >= 0.3 is 0 Å². The van der Waals surface area contributed by atoms with Crippen molar-refractivity contribution in [2.24, 2.45) is 5.41 Å². The molecule has 0 spiro atoms. The molecule has 3 aromatic carbocycles. The minimum Gasteiger partial charge on any atom is -0.541 e. The molecule has 0 saturated carbocycles. The summed E-state index contributed by atoms with van der Waals surface area (Å²) in [5.74, 6) is 9.07. The van der Waals surface area contributed by atoms with E-state index in [0.29, 0.717) is 0 Å². The van der Waals surface area contributed by atoms with Crippen LogP contribution in [-0.2, 0) is 0 Å². The Bertz CT molecular complexity index is 1920. The molecule has 12 heteroatoms. The molecule has 0 fully saturated rings. The molecule has 6 nitrogen and oxygen atoms in total. The standard InChI is InChI=1S/C60H100O6Si6/c1-20-60-57-45-39-51(61-67(21-2,22-3)23-4)52(62-68(24-5,25-6)26-7)40-46(45)58(60)49-43-55(65-71(33-14,34-15)35-16)56(66-72(36-17,37-18)38-19)44-50(49)59(60)48-42-54(64-70(30-11,31-12)32-13)53(41-47(48)57)63-69(27-8,28-9)29-10/h1,39-44,57-59H,21-38H2,2-19H3. The highest BCUT2D eigenvalue weighted by molar-refractivity contribution is 6.76. The predicted molar refractivity (Wildman–Crippen MR) is 323 cm³/mol. The van der Waals surface area contributed by atoms with E-state index >= 15 is 0 Å². The average Bonchev–Trinajstić information content (AvgIpc) is 3.99. The van der Waals surface area contributed by atoms with Gasteiger partial charge in [0.25, 0.3) is 49.9 Å². The summed E-state index contributed by atoms with van der Waals surface area (Å²) in [5.41, 5.74) is 7.11. The summed E-state index contributed by atoms with van der Waals surface area (Å²) >= 11 is 0. The molecule has 400 valence electrons. The van der Waals surface area contributed by atoms with Gasteiger partial charge in [0.05, 0.1) is 5.41 Å². The highest BCUT2D eigenvalue weighted by atomic mass is 28.4. The van der Waals surface area contributed by atoms with Gasteiger partial charge in [-0.25, -0.2) is 0 Å². The van der Waals surface area contributed by atoms with E-state index in [2.05, 4.69) is 167 Å². The van der Waals surface area contributed by atoms with E-state index in [4.69, 9.17) is 33.0 Å². The van der Waals surface area contributed by atoms with Crippen molar-refractivity contribution in [2.45, 2.75) is 251 Å². The molecular weight excluding hydrogens is 985 g/mol. The Labute approximate surface area is 447 Å². The topological polar surface area (TPSA) is 55.4 Å². The summed E-state index contributed by atoms with van der Waals surface area (Å²) < 4.78 is 45.7. The fourth-order valence-corrected chi connectivity index (χ4v) is 29.1. The van der Waals surface area contributed by atoms with E-state index in [1.807, 2.05) is 0 Å². The Morgan fingerprint density at radius 1 is 0.292 bits per heavy atom. The van der Waals surface area contributed by atoms with E-state index in [9.17, 15) is 0 Å². The molecule has 0 radical (unpaired) electrons. The first kappa shape index (κ1) is 58.6. The van der Waals surface area contributed by atoms with Crippen molar-refractivity contribution in [3.63, 3.8) is 0 Å². The van der Waals surface area contributed by atoms with Gasteiger partial charge < -0.3 is 26.6 Å². The molecule has 72 heavy (non-hydrogen) atoms. The van der Waals surface area contributed by atoms with Crippen LogP contribution in [0.25, 0.3) is 0 Å². The smallest absolute Gasteiger partial charge is 0.250 e. The van der Waals surface area contributed by atoms with E-state index in [0.717, 1.165) is 143 Å². The zero-order chi connectivity index (χ0) is 53.1. The first-order valence-corrected chi connectivity index (χ1v) is 44.8. The lowest BCUT2D eigenvalue weighted by atomic mass is 9.69. The Morgan fingerprint density at radius 3 is 0.514 bits per heavy atom. The molecule has 0 unspecified atom stereocenters. The molecule has 0 aliphatic heterocycles. The summed E-state index contributed by atoms with van der Waals surface area (Å²) in [4.78, 5) is 0. The van der Waals surface area contributed by atoms with Crippen molar-refractivity contribution < 1.29 is 26.6 Å². The van der Waals surface area contributed by atoms with Crippen molar-refractivity contribution in [1.82, 2.24) is 0 Å². The average molecular weight is 1090 g/mol. The molecule has 0 N–H and O–H groups in total. The molecule has 0 amide bonds. The van der Waals surface area contributed by atoms with Crippen LogP contribution in [0.1, 0.15) is 176 Å². The van der Waals surface area contributed by atoms with Crippen molar-refractivity contribution in [1.29, 1.82) is 0 Å². The Kier molecular flexibility index (Phi) is 18.9. The van der Waals surface area contributed by atoms with E-state index in [1.54, 1.807) is 0 Å². The normalized spacial score (nSPS) is 19.3. The summed E-state index contributed by atoms with van der Waals surface area (Å²) in [6.07, 6.45) is 7.40. The van der Waals surface area contributed by atoms with Crippen molar-refractivity contribution >= 4 is 49.9 Å². The van der Waals surface area contributed by atoms with Gasteiger partial charge in [-0.15, -0.1) is 6.42 Å². The van der Waals surface area contributed by atoms with Gasteiger partial charge in [-0.2, -0.15) is 0 Å². The van der Waals surface area contributed by atoms with Crippen LogP contribution >= 0.6 is 0 Å². The molecule has 0 saturated heterocycles. The third-order valence-corrected chi connectivity index (χ3v) is 47.7. The third kappa shape index (κ3) is 9.74. The van der Waals surface area contributed by atoms with Crippen LogP contribution < -0.4 is 26.6 Å². The summed E-state index contributed by atoms with van der Waals surface area (Å²) in [5, 5.41) is 0. The second-order valence-electron chi connectivity index (χ2n) is 22.2. The van der Waals surface area contributed by atoms with Gasteiger partial charge in [0.1, 0.15) is 34.5 Å². The van der Waals surface area contributed by atoms with Crippen LogP contribution in [0.3, 0.4) is 0 Å². The Hall–Kier alpha value is -2.68. The Balaban J connectivity index is 1.82. The number of rotatable bonds is 30. The van der Waals surface area contributed by atoms with Gasteiger partial charge in [-0.05, 0) is 179 Å². The molecule has 0 aromatic heterocycles. The van der Waals surface area contributed by atoms with Crippen LogP contribution in [-0.4, -0.2) is 49.9 Å². The lowest BCUT2D eigenvalue weighted by Crippen LogP contribution is -2.41. The zero-order valence-electron chi connectivity index (χ0n) is 49.0. The second kappa shape index (κ2) is 23.3. The van der Waals surface area contributed by atoms with Crippen molar-refractivity contribution in [3.8, 4) is 46.8 Å². The molecular formula is C60H100O6Si6. The predicted octanol–water partition coefficient (Wildman–Crippen LogP) is 19.3. The number of hydrogen-bond donors (Lipinski definition) is 0. The first-order valence-electron chi connectivity index (χ1n) is 29.6. The van der Waals surface area contributed by atoms with E-state index in [-0.39, 0.29) is 17.8 Å². The molecule has 0 bridgehead atoms. The maximum absolute atomic E-state index is 7.61. The third-order valence-electron chi connectivity index (χ3n) is 20.6. The van der Waals surface area contributed by atoms with Crippen molar-refractivity contribution in [3.05, 3.63) is 69.8 Å². The quantitative estimate of drug-likeness (QED) is 0.0490. The van der Waals surface area contributed by atoms with E-state index in [1.165, 1.54) is 33.4 Å². The number of terminal acetylenes is 1. The van der Waals surface area contributed by atoms with Gasteiger partial charge in [0.2, 0.25) is 0 Å². The van der Waals surface area contributed by atoms with Crippen LogP contribution in [0, 0.1) is 17.8 Å². The summed E-state index contributed by atoms with van der Waals surface area (Å²) in [7, 11) is -12.9. The summed E-state index contributed by atoms with van der Waals surface area (Å²) in [6.45, 7) is 42.0. The van der Waals surface area contributed by atoms with Gasteiger partial charge in [0.15, 0.2) is 0 Å². The van der Waals surface area contributed by atoms with Gasteiger partial charge in [0, 0.05) is 17.8 Å². The lowest BCUT2D eigenvalue weighted by molar-refractivity contribution is 0.362. The molecule has 3 aliphatic rings. The fourth-order valence-electron chi connectivity index (χ4n) is 13.7. The molecule has 6 rings (SSSR count). The second-order valence-corrected chi connectivity index (χ2v) is 50.4. The molecule has 3 aromatic rings. The highest BCUT2D eigenvalue weighted by Gasteiger charge is 2.68. The molecule has 0 atom stereocenters. The van der Waals surface area contributed by atoms with Crippen LogP contribution in [0.15, 0.2) is 36.4 Å². The Morgan fingerprint density at radius 2 is 0.417 bits per heavy atom. The molecule has 3 aliphatic carbocycles. The lowest BCUT2D eigenvalue weighted by Gasteiger charge is -2.35. The van der Waals surface area contributed by atoms with Crippen LogP contribution in [0.2, 0.25) is 109 Å². The molecule has 0 heterocycles. The van der Waals surface area contributed by atoms with Gasteiger partial charge in [-0.3, -0.25) is 0 Å². The highest BCUT2D eigenvalue weighted by Crippen LogP contribution is 2.77. The van der Waals surface area contributed by atoms with Crippen LogP contribution in [0.4, 0.5) is 0 Å². The zero-order valence-corrected chi connectivity index (χ0v) is 55.0. The maximum Gasteiger partial charge on any atom is 0.250 e. The van der Waals surface area contributed by atoms with Gasteiger partial charge in [-0.1, -0.05) is 131 Å². The largest absolute Gasteiger partial charge is 0.541 e. The number of fused-ring (bicyclic) bond motifs is 9. The minimum absolute atomic E-state index is 0.0971. The van der Waals surface area contributed by atoms with Crippen LogP contribution in [0.5, 0.6) is 34.5 Å². The number of hydrogen-bond acceptors (Lipinski definition) is 6. The fraction of sp³-hybridized carbons (Fsp3) is 0.667. The van der Waals surface area contributed by atoms with Crippen molar-refractivity contribution in [2.75, 3.05) is 0 Å². The SMILES string of the molecule is C#CC12C3c4cc(O[Si](CC)(CC)CC)c(O[Si](CC)(CC)CC)cc4C1c1cc(O[Si](CC)(CC)CC)c(O[Si](CC)(CC)CC)cc1C2c1cc(O[Si](CC)(CC)CC)c(O[Si](CC)(CC)CC)cc13. The monoisotopic (exact) mass is 1080 g/mol.